The van der Waals surface area contributed by atoms with Gasteiger partial charge in [-0.3, -0.25) is 14.4 Å². The lowest BCUT2D eigenvalue weighted by Gasteiger charge is -2.10. The Labute approximate surface area is 157 Å². The van der Waals surface area contributed by atoms with Crippen molar-refractivity contribution in [1.82, 2.24) is 4.98 Å². The molecule has 0 aliphatic carbocycles. The second-order valence-corrected chi connectivity index (χ2v) is 6.51. The number of H-pyrrole nitrogens is 1. The topological polar surface area (TPSA) is 79.0 Å². The zero-order valence-electron chi connectivity index (χ0n) is 15.5. The van der Waals surface area contributed by atoms with Crippen molar-refractivity contribution in [2.75, 3.05) is 5.32 Å². The number of amides is 1. The molecule has 0 saturated carbocycles. The average molecular weight is 362 g/mol. The second kappa shape index (κ2) is 7.99. The summed E-state index contributed by atoms with van der Waals surface area (Å²) in [5.41, 5.74) is 3.53. The summed E-state index contributed by atoms with van der Waals surface area (Å²) >= 11 is 0. The van der Waals surface area contributed by atoms with Gasteiger partial charge in [-0.15, -0.1) is 0 Å². The Balaban J connectivity index is 1.70. The Hall–Kier alpha value is -3.21. The maximum atomic E-state index is 12.2. The van der Waals surface area contributed by atoms with E-state index >= 15 is 0 Å². The molecule has 1 aromatic heterocycles. The number of hydrogen-bond donors (Lipinski definition) is 2. The van der Waals surface area contributed by atoms with Gasteiger partial charge in [0.1, 0.15) is 0 Å². The van der Waals surface area contributed by atoms with Gasteiger partial charge in [-0.1, -0.05) is 43.3 Å². The van der Waals surface area contributed by atoms with Crippen LogP contribution >= 0.6 is 0 Å². The standard InChI is InChI=1S/C22H22N2O3/c1-3-17-14(2)18-10-9-16(13-19(18)24-22(17)27)23-21(26)12-11-20(25)15-7-5-4-6-8-15/h4-10,13H,3,11-12H2,1-2H3,(H,23,26)(H,24,27). The molecule has 0 aliphatic rings. The largest absolute Gasteiger partial charge is 0.326 e. The number of aromatic amines is 1. The number of anilines is 1. The number of ketones is 1. The first-order valence-electron chi connectivity index (χ1n) is 9.03. The van der Waals surface area contributed by atoms with Gasteiger partial charge in [0.2, 0.25) is 5.91 Å². The summed E-state index contributed by atoms with van der Waals surface area (Å²) < 4.78 is 0. The van der Waals surface area contributed by atoms with Crippen LogP contribution in [0.1, 0.15) is 41.3 Å². The predicted molar refractivity (Wildman–Crippen MR) is 107 cm³/mol. The number of Topliss-reactive ketones (excluding diaryl/α,β-unsaturated/α-hetero) is 1. The lowest BCUT2D eigenvalue weighted by Crippen LogP contribution is -2.15. The highest BCUT2D eigenvalue weighted by atomic mass is 16.2. The van der Waals surface area contributed by atoms with Crippen molar-refractivity contribution in [3.8, 4) is 0 Å². The summed E-state index contributed by atoms with van der Waals surface area (Å²) in [6.45, 7) is 3.89. The highest BCUT2D eigenvalue weighted by Crippen LogP contribution is 2.21. The summed E-state index contributed by atoms with van der Waals surface area (Å²) in [5.74, 6) is -0.292. The number of nitrogens with one attached hydrogen (secondary N) is 2. The minimum atomic E-state index is -0.233. The van der Waals surface area contributed by atoms with E-state index in [-0.39, 0.29) is 30.1 Å². The molecule has 5 heteroatoms. The molecule has 0 saturated heterocycles. The highest BCUT2D eigenvalue weighted by Gasteiger charge is 2.11. The van der Waals surface area contributed by atoms with Gasteiger partial charge in [-0.05, 0) is 31.0 Å². The van der Waals surface area contributed by atoms with Crippen LogP contribution in [0.15, 0.2) is 53.3 Å². The maximum Gasteiger partial charge on any atom is 0.251 e. The van der Waals surface area contributed by atoms with E-state index in [0.717, 1.165) is 16.5 Å². The highest BCUT2D eigenvalue weighted by molar-refractivity contribution is 6.00. The molecule has 5 nitrogen and oxygen atoms in total. The van der Waals surface area contributed by atoms with Crippen LogP contribution in [0, 0.1) is 6.92 Å². The maximum absolute atomic E-state index is 12.2. The third-order valence-electron chi connectivity index (χ3n) is 4.71. The minimum absolute atomic E-state index is 0.0590. The number of aryl methyl sites for hydroxylation is 1. The van der Waals surface area contributed by atoms with Gasteiger partial charge in [0.15, 0.2) is 5.78 Å². The number of hydrogen-bond acceptors (Lipinski definition) is 3. The van der Waals surface area contributed by atoms with E-state index in [2.05, 4.69) is 10.3 Å². The van der Waals surface area contributed by atoms with Crippen LogP contribution in [0.5, 0.6) is 0 Å². The number of rotatable bonds is 6. The molecule has 2 aromatic carbocycles. The zero-order valence-corrected chi connectivity index (χ0v) is 15.5. The lowest BCUT2D eigenvalue weighted by molar-refractivity contribution is -0.116. The molecule has 1 amide bonds. The number of carbonyl (C=O) groups is 2. The van der Waals surface area contributed by atoms with E-state index in [1.54, 1.807) is 30.3 Å². The van der Waals surface area contributed by atoms with Crippen LogP contribution in [0.3, 0.4) is 0 Å². The van der Waals surface area contributed by atoms with Crippen LogP contribution in [-0.2, 0) is 11.2 Å². The lowest BCUT2D eigenvalue weighted by atomic mass is 10.0. The Morgan fingerprint density at radius 1 is 1.04 bits per heavy atom. The smallest absolute Gasteiger partial charge is 0.251 e. The second-order valence-electron chi connectivity index (χ2n) is 6.51. The van der Waals surface area contributed by atoms with Crippen LogP contribution in [0.25, 0.3) is 10.9 Å². The first-order valence-corrected chi connectivity index (χ1v) is 9.03. The summed E-state index contributed by atoms with van der Waals surface area (Å²) in [7, 11) is 0. The van der Waals surface area contributed by atoms with Gasteiger partial charge >= 0.3 is 0 Å². The minimum Gasteiger partial charge on any atom is -0.326 e. The first kappa shape index (κ1) is 18.6. The summed E-state index contributed by atoms with van der Waals surface area (Å²) in [6.07, 6.45) is 0.931. The molecule has 0 aliphatic heterocycles. The predicted octanol–water partition coefficient (Wildman–Crippen LogP) is 4.00. The van der Waals surface area contributed by atoms with Gasteiger partial charge in [0, 0.05) is 35.0 Å². The number of fused-ring (bicyclic) bond motifs is 1. The SMILES string of the molecule is CCc1c(C)c2ccc(NC(=O)CCC(=O)c3ccccc3)cc2[nH]c1=O. The fourth-order valence-corrected chi connectivity index (χ4v) is 3.23. The summed E-state index contributed by atoms with van der Waals surface area (Å²) in [4.78, 5) is 39.3. The van der Waals surface area contributed by atoms with E-state index in [1.807, 2.05) is 32.0 Å². The average Bonchev–Trinajstić information content (AvgIpc) is 2.67. The van der Waals surface area contributed by atoms with Crippen LogP contribution in [0.4, 0.5) is 5.69 Å². The zero-order chi connectivity index (χ0) is 19.4. The van der Waals surface area contributed by atoms with Gasteiger partial charge in [0.05, 0.1) is 5.52 Å². The van der Waals surface area contributed by atoms with Crippen LogP contribution in [-0.4, -0.2) is 16.7 Å². The molecular weight excluding hydrogens is 340 g/mol. The van der Waals surface area contributed by atoms with E-state index in [4.69, 9.17) is 0 Å². The molecule has 1 heterocycles. The third kappa shape index (κ3) is 4.14. The Morgan fingerprint density at radius 3 is 2.48 bits per heavy atom. The van der Waals surface area contributed by atoms with Crippen LogP contribution < -0.4 is 10.9 Å². The van der Waals surface area contributed by atoms with Crippen LogP contribution in [0.2, 0.25) is 0 Å². The first-order chi connectivity index (χ1) is 13.0. The van der Waals surface area contributed by atoms with Crippen molar-refractivity contribution in [1.29, 1.82) is 0 Å². The van der Waals surface area contributed by atoms with Crippen molar-refractivity contribution < 1.29 is 9.59 Å². The molecule has 3 aromatic rings. The van der Waals surface area contributed by atoms with Crippen molar-refractivity contribution in [3.05, 3.63) is 75.6 Å². The number of benzene rings is 2. The molecule has 3 rings (SSSR count). The third-order valence-corrected chi connectivity index (χ3v) is 4.71. The molecule has 2 N–H and O–H groups in total. The van der Waals surface area contributed by atoms with E-state index in [0.29, 0.717) is 23.2 Å². The van der Waals surface area contributed by atoms with Gasteiger partial charge < -0.3 is 10.3 Å². The molecule has 0 fully saturated rings. The van der Waals surface area contributed by atoms with Gasteiger partial charge in [-0.25, -0.2) is 0 Å². The number of pyridine rings is 1. The molecular formula is C22H22N2O3. The van der Waals surface area contributed by atoms with Crippen molar-refractivity contribution in [2.24, 2.45) is 0 Å². The number of aromatic nitrogens is 1. The molecule has 0 spiro atoms. The Morgan fingerprint density at radius 2 is 1.78 bits per heavy atom. The van der Waals surface area contributed by atoms with Crippen molar-refractivity contribution >= 4 is 28.3 Å². The molecule has 27 heavy (non-hydrogen) atoms. The fraction of sp³-hybridized carbons (Fsp3) is 0.227. The Kier molecular flexibility index (Phi) is 5.50. The summed E-state index contributed by atoms with van der Waals surface area (Å²) in [6, 6.07) is 14.4. The van der Waals surface area contributed by atoms with E-state index in [9.17, 15) is 14.4 Å². The molecule has 0 radical (unpaired) electrons. The van der Waals surface area contributed by atoms with Gasteiger partial charge in [0.25, 0.3) is 5.56 Å². The molecule has 0 unspecified atom stereocenters. The number of carbonyl (C=O) groups excluding carboxylic acids is 2. The quantitative estimate of drug-likeness (QED) is 0.651. The Bertz CT molecular complexity index is 1050. The van der Waals surface area contributed by atoms with Crippen molar-refractivity contribution in [3.63, 3.8) is 0 Å². The van der Waals surface area contributed by atoms with Gasteiger partial charge in [-0.2, -0.15) is 0 Å². The van der Waals surface area contributed by atoms with E-state index in [1.165, 1.54) is 0 Å². The normalized spacial score (nSPS) is 10.7. The molecule has 0 atom stereocenters. The van der Waals surface area contributed by atoms with Crippen molar-refractivity contribution in [2.45, 2.75) is 33.1 Å². The molecule has 0 bridgehead atoms. The van der Waals surface area contributed by atoms with E-state index < -0.39 is 0 Å². The summed E-state index contributed by atoms with van der Waals surface area (Å²) in [5, 5.41) is 3.76. The molecule has 138 valence electrons. The monoisotopic (exact) mass is 362 g/mol. The fourth-order valence-electron chi connectivity index (χ4n) is 3.23.